The molecule has 0 saturated heterocycles. The first-order valence-corrected chi connectivity index (χ1v) is 8.31. The van der Waals surface area contributed by atoms with Crippen LogP contribution in [-0.2, 0) is 9.53 Å². The van der Waals surface area contributed by atoms with E-state index in [-0.39, 0.29) is 11.5 Å². The van der Waals surface area contributed by atoms with Crippen LogP contribution in [0.4, 0.5) is 4.39 Å². The number of nitrogens with one attached hydrogen (secondary N) is 1. The average Bonchev–Trinajstić information content (AvgIpc) is 2.63. The summed E-state index contributed by atoms with van der Waals surface area (Å²) in [6.07, 6.45) is -0.131. The predicted molar refractivity (Wildman–Crippen MR) is 93.8 cm³/mol. The molecule has 0 fully saturated rings. The summed E-state index contributed by atoms with van der Waals surface area (Å²) in [4.78, 5) is 24.1. The Morgan fingerprint density at radius 1 is 1.08 bits per heavy atom. The van der Waals surface area contributed by atoms with Gasteiger partial charge in [-0.25, -0.2) is 9.18 Å². The van der Waals surface area contributed by atoms with Crippen LogP contribution >= 0.6 is 0 Å². The molecule has 1 amide bonds. The summed E-state index contributed by atoms with van der Waals surface area (Å²) in [6, 6.07) is 15.4. The number of ether oxygens (including phenoxy) is 1. The Morgan fingerprint density at radius 3 is 2.36 bits per heavy atom. The Balaban J connectivity index is 1.90. The lowest BCUT2D eigenvalue weighted by atomic mass is 9.96. The van der Waals surface area contributed by atoms with Gasteiger partial charge in [-0.15, -0.1) is 0 Å². The van der Waals surface area contributed by atoms with Crippen LogP contribution in [0.15, 0.2) is 54.6 Å². The van der Waals surface area contributed by atoms with Crippen LogP contribution in [0, 0.1) is 5.82 Å². The summed E-state index contributed by atoms with van der Waals surface area (Å²) in [5, 5.41) is 2.79. The minimum absolute atomic E-state index is 0.180. The Kier molecular flexibility index (Phi) is 6.69. The Labute approximate surface area is 147 Å². The van der Waals surface area contributed by atoms with E-state index in [0.717, 1.165) is 12.0 Å². The molecule has 0 saturated carbocycles. The van der Waals surface area contributed by atoms with Crippen molar-refractivity contribution in [2.75, 3.05) is 6.54 Å². The summed E-state index contributed by atoms with van der Waals surface area (Å²) in [7, 11) is 0. The number of rotatable bonds is 7. The van der Waals surface area contributed by atoms with Gasteiger partial charge in [0.15, 0.2) is 6.10 Å². The van der Waals surface area contributed by atoms with Crippen LogP contribution in [0.25, 0.3) is 0 Å². The van der Waals surface area contributed by atoms with Crippen molar-refractivity contribution in [2.45, 2.75) is 32.3 Å². The standard InChI is InChI=1S/C20H22FNO3/c1-3-15(16-9-5-4-6-10-16)13-22-19(23)14(2)25-20(24)17-11-7-8-12-18(17)21/h4-12,14-15H,3,13H2,1-2H3,(H,22,23)/t14-,15-/m1/s1. The number of carbonyl (C=O) groups excluding carboxylic acids is 2. The molecule has 2 aromatic carbocycles. The minimum atomic E-state index is -1.000. The van der Waals surface area contributed by atoms with E-state index in [9.17, 15) is 14.0 Å². The first-order chi connectivity index (χ1) is 12.0. The third kappa shape index (κ3) is 5.14. The summed E-state index contributed by atoms with van der Waals surface area (Å²) >= 11 is 0. The Bertz CT molecular complexity index is 718. The zero-order valence-electron chi connectivity index (χ0n) is 14.4. The van der Waals surface area contributed by atoms with Gasteiger partial charge in [-0.1, -0.05) is 49.4 Å². The number of amides is 1. The molecule has 0 spiro atoms. The first-order valence-electron chi connectivity index (χ1n) is 8.31. The van der Waals surface area contributed by atoms with Gasteiger partial charge in [-0.05, 0) is 31.0 Å². The van der Waals surface area contributed by atoms with Crippen molar-refractivity contribution in [2.24, 2.45) is 0 Å². The lowest BCUT2D eigenvalue weighted by molar-refractivity contribution is -0.129. The monoisotopic (exact) mass is 343 g/mol. The lowest BCUT2D eigenvalue weighted by Gasteiger charge is -2.18. The van der Waals surface area contributed by atoms with Crippen LogP contribution < -0.4 is 5.32 Å². The maximum atomic E-state index is 13.6. The second kappa shape index (κ2) is 8.97. The Morgan fingerprint density at radius 2 is 1.72 bits per heavy atom. The number of hydrogen-bond donors (Lipinski definition) is 1. The van der Waals surface area contributed by atoms with Gasteiger partial charge < -0.3 is 10.1 Å². The van der Waals surface area contributed by atoms with Gasteiger partial charge in [-0.3, -0.25) is 4.79 Å². The van der Waals surface area contributed by atoms with Crippen LogP contribution in [-0.4, -0.2) is 24.5 Å². The van der Waals surface area contributed by atoms with Crippen molar-refractivity contribution >= 4 is 11.9 Å². The highest BCUT2D eigenvalue weighted by Gasteiger charge is 2.21. The summed E-state index contributed by atoms with van der Waals surface area (Å²) in [5.74, 6) is -1.75. The SMILES string of the molecule is CC[C@H](CNC(=O)[C@@H](C)OC(=O)c1ccccc1F)c1ccccc1. The quantitative estimate of drug-likeness (QED) is 0.780. The fraction of sp³-hybridized carbons (Fsp3) is 0.300. The number of hydrogen-bond acceptors (Lipinski definition) is 3. The molecule has 0 aliphatic heterocycles. The molecule has 0 aliphatic rings. The van der Waals surface area contributed by atoms with Crippen molar-refractivity contribution in [3.05, 3.63) is 71.5 Å². The molecule has 132 valence electrons. The smallest absolute Gasteiger partial charge is 0.341 e. The predicted octanol–water partition coefficient (Wildman–Crippen LogP) is 3.68. The van der Waals surface area contributed by atoms with Crippen molar-refractivity contribution < 1.29 is 18.7 Å². The van der Waals surface area contributed by atoms with Crippen LogP contribution in [0.5, 0.6) is 0 Å². The zero-order chi connectivity index (χ0) is 18.2. The van der Waals surface area contributed by atoms with Crippen LogP contribution in [0.2, 0.25) is 0 Å². The van der Waals surface area contributed by atoms with E-state index in [1.807, 2.05) is 37.3 Å². The first kappa shape index (κ1) is 18.6. The third-order valence-corrected chi connectivity index (χ3v) is 4.03. The topological polar surface area (TPSA) is 55.4 Å². The van der Waals surface area contributed by atoms with Gasteiger partial charge in [0, 0.05) is 12.5 Å². The molecule has 0 unspecified atom stereocenters. The molecule has 0 aromatic heterocycles. The van der Waals surface area contributed by atoms with E-state index in [1.165, 1.54) is 31.2 Å². The molecule has 1 N–H and O–H groups in total. The van der Waals surface area contributed by atoms with Gasteiger partial charge in [0.05, 0.1) is 5.56 Å². The minimum Gasteiger partial charge on any atom is -0.449 e. The number of carbonyl (C=O) groups is 2. The van der Waals surface area contributed by atoms with Gasteiger partial charge in [0.2, 0.25) is 0 Å². The highest BCUT2D eigenvalue weighted by Crippen LogP contribution is 2.18. The molecule has 4 nitrogen and oxygen atoms in total. The maximum Gasteiger partial charge on any atom is 0.341 e. The fourth-order valence-corrected chi connectivity index (χ4v) is 2.49. The molecule has 2 aromatic rings. The van der Waals surface area contributed by atoms with Crippen molar-refractivity contribution in [3.8, 4) is 0 Å². The molecule has 0 radical (unpaired) electrons. The second-order valence-electron chi connectivity index (χ2n) is 5.79. The summed E-state index contributed by atoms with van der Waals surface area (Å²) in [5.41, 5.74) is 0.958. The molecular formula is C20H22FNO3. The highest BCUT2D eigenvalue weighted by molar-refractivity contribution is 5.92. The fourth-order valence-electron chi connectivity index (χ4n) is 2.49. The van der Waals surface area contributed by atoms with Gasteiger partial charge in [0.25, 0.3) is 5.91 Å². The van der Waals surface area contributed by atoms with Crippen LogP contribution in [0.1, 0.15) is 42.1 Å². The van der Waals surface area contributed by atoms with E-state index >= 15 is 0 Å². The molecule has 0 bridgehead atoms. The highest BCUT2D eigenvalue weighted by atomic mass is 19.1. The average molecular weight is 343 g/mol. The van der Waals surface area contributed by atoms with E-state index in [2.05, 4.69) is 5.32 Å². The van der Waals surface area contributed by atoms with Gasteiger partial charge in [-0.2, -0.15) is 0 Å². The number of halogens is 1. The van der Waals surface area contributed by atoms with E-state index in [1.54, 1.807) is 0 Å². The summed E-state index contributed by atoms with van der Waals surface area (Å²) < 4.78 is 18.6. The third-order valence-electron chi connectivity index (χ3n) is 4.03. The zero-order valence-corrected chi connectivity index (χ0v) is 14.4. The van der Waals surface area contributed by atoms with Gasteiger partial charge in [0.1, 0.15) is 5.82 Å². The molecule has 2 rings (SSSR count). The molecular weight excluding hydrogens is 321 g/mol. The lowest BCUT2D eigenvalue weighted by Crippen LogP contribution is -2.38. The van der Waals surface area contributed by atoms with Crippen molar-refractivity contribution in [1.29, 1.82) is 0 Å². The van der Waals surface area contributed by atoms with Crippen LogP contribution in [0.3, 0.4) is 0 Å². The van der Waals surface area contributed by atoms with Gasteiger partial charge >= 0.3 is 5.97 Å². The molecule has 0 heterocycles. The Hall–Kier alpha value is -2.69. The number of esters is 1. The maximum absolute atomic E-state index is 13.6. The molecule has 5 heteroatoms. The van der Waals surface area contributed by atoms with E-state index in [0.29, 0.717) is 6.54 Å². The second-order valence-corrected chi connectivity index (χ2v) is 5.79. The molecule has 0 aliphatic carbocycles. The van der Waals surface area contributed by atoms with E-state index in [4.69, 9.17) is 4.74 Å². The van der Waals surface area contributed by atoms with E-state index < -0.39 is 23.8 Å². The normalized spacial score (nSPS) is 12.9. The number of benzene rings is 2. The van der Waals surface area contributed by atoms with Crippen molar-refractivity contribution in [3.63, 3.8) is 0 Å². The largest absolute Gasteiger partial charge is 0.449 e. The van der Waals surface area contributed by atoms with Crippen molar-refractivity contribution in [1.82, 2.24) is 5.32 Å². The summed E-state index contributed by atoms with van der Waals surface area (Å²) in [6.45, 7) is 3.96. The molecule has 2 atom stereocenters. The molecule has 25 heavy (non-hydrogen) atoms.